The molecular formula is C13H23N5. The zero-order chi connectivity index (χ0) is 13.1. The Morgan fingerprint density at radius 2 is 2.06 bits per heavy atom. The second-order valence-corrected chi connectivity index (χ2v) is 4.88. The number of rotatable bonds is 6. The van der Waals surface area contributed by atoms with Crippen molar-refractivity contribution in [3.8, 4) is 0 Å². The molecule has 1 aliphatic rings. The summed E-state index contributed by atoms with van der Waals surface area (Å²) in [5, 5.41) is 0. The van der Waals surface area contributed by atoms with Crippen molar-refractivity contribution in [3.63, 3.8) is 0 Å². The van der Waals surface area contributed by atoms with Crippen LogP contribution in [0.15, 0.2) is 0 Å². The van der Waals surface area contributed by atoms with Gasteiger partial charge in [-0.3, -0.25) is 0 Å². The van der Waals surface area contributed by atoms with E-state index in [1.165, 1.54) is 12.8 Å². The van der Waals surface area contributed by atoms with Gasteiger partial charge in [0.05, 0.1) is 0 Å². The number of nitrogen functional groups attached to an aromatic ring is 1. The molecule has 1 saturated carbocycles. The fraction of sp³-hybridized carbons (Fsp3) is 0.692. The normalized spacial score (nSPS) is 14.7. The molecule has 3 N–H and O–H groups in total. The Morgan fingerprint density at radius 1 is 1.33 bits per heavy atom. The van der Waals surface area contributed by atoms with Gasteiger partial charge in [0.15, 0.2) is 0 Å². The highest BCUT2D eigenvalue weighted by molar-refractivity contribution is 5.58. The van der Waals surface area contributed by atoms with E-state index < -0.39 is 0 Å². The van der Waals surface area contributed by atoms with E-state index in [1.54, 1.807) is 0 Å². The molecule has 0 saturated heterocycles. The zero-order valence-electron chi connectivity index (χ0n) is 11.5. The summed E-state index contributed by atoms with van der Waals surface area (Å²) in [5.41, 5.74) is 3.74. The van der Waals surface area contributed by atoms with Crippen LogP contribution in [-0.4, -0.2) is 23.1 Å². The first-order valence-electron chi connectivity index (χ1n) is 6.81. The number of nitrogens with zero attached hydrogens (tertiary/aromatic N) is 3. The van der Waals surface area contributed by atoms with Crippen molar-refractivity contribution in [2.75, 3.05) is 23.4 Å². The highest BCUT2D eigenvalue weighted by Crippen LogP contribution is 2.39. The molecule has 1 aromatic rings. The average Bonchev–Trinajstić information content (AvgIpc) is 3.21. The molecule has 0 bridgehead atoms. The third kappa shape index (κ3) is 2.56. The van der Waals surface area contributed by atoms with Gasteiger partial charge in [-0.1, -0.05) is 6.92 Å². The van der Waals surface area contributed by atoms with Crippen LogP contribution in [0.2, 0.25) is 0 Å². The Balaban J connectivity index is 2.39. The number of aromatic nitrogens is 2. The first kappa shape index (κ1) is 13.1. The first-order chi connectivity index (χ1) is 8.71. The summed E-state index contributed by atoms with van der Waals surface area (Å²) in [6, 6.07) is 0. The van der Waals surface area contributed by atoms with E-state index in [0.717, 1.165) is 42.5 Å². The van der Waals surface area contributed by atoms with Crippen LogP contribution in [0.3, 0.4) is 0 Å². The minimum atomic E-state index is 0.539. The van der Waals surface area contributed by atoms with Gasteiger partial charge in [0, 0.05) is 24.6 Å². The molecule has 0 spiro atoms. The molecule has 1 heterocycles. The molecule has 0 aliphatic heterocycles. The molecule has 1 aliphatic carbocycles. The lowest BCUT2D eigenvalue weighted by atomic mass is 10.2. The van der Waals surface area contributed by atoms with Gasteiger partial charge < -0.3 is 10.3 Å². The maximum Gasteiger partial charge on any atom is 0.148 e. The third-order valence-corrected chi connectivity index (χ3v) is 3.39. The van der Waals surface area contributed by atoms with Gasteiger partial charge in [-0.2, -0.15) is 0 Å². The molecule has 2 rings (SSSR count). The van der Waals surface area contributed by atoms with Gasteiger partial charge in [-0.05, 0) is 33.1 Å². The van der Waals surface area contributed by atoms with E-state index in [9.17, 15) is 0 Å². The number of anilines is 2. The van der Waals surface area contributed by atoms with E-state index in [4.69, 9.17) is 10.8 Å². The molecule has 0 atom stereocenters. The molecule has 0 aromatic carbocycles. The molecule has 0 unspecified atom stereocenters. The number of nitrogens with two attached hydrogens (primary N) is 1. The zero-order valence-corrected chi connectivity index (χ0v) is 11.5. The predicted octanol–water partition coefficient (Wildman–Crippen LogP) is 2.18. The van der Waals surface area contributed by atoms with E-state index in [-0.39, 0.29) is 0 Å². The largest absolute Gasteiger partial charge is 0.357 e. The van der Waals surface area contributed by atoms with Crippen LogP contribution in [0.4, 0.5) is 11.6 Å². The van der Waals surface area contributed by atoms with Crippen LogP contribution in [0.5, 0.6) is 0 Å². The number of nitrogens with one attached hydrogen (secondary N) is 1. The average molecular weight is 249 g/mol. The summed E-state index contributed by atoms with van der Waals surface area (Å²) in [6.45, 7) is 8.34. The van der Waals surface area contributed by atoms with Crippen molar-refractivity contribution in [2.45, 2.75) is 46.0 Å². The molecule has 18 heavy (non-hydrogen) atoms. The van der Waals surface area contributed by atoms with Gasteiger partial charge in [0.25, 0.3) is 0 Å². The van der Waals surface area contributed by atoms with E-state index in [2.05, 4.69) is 29.2 Å². The van der Waals surface area contributed by atoms with Gasteiger partial charge in [0.2, 0.25) is 0 Å². The van der Waals surface area contributed by atoms with Crippen LogP contribution in [-0.2, 0) is 0 Å². The van der Waals surface area contributed by atoms with Gasteiger partial charge in [-0.15, -0.1) is 0 Å². The van der Waals surface area contributed by atoms with E-state index in [0.29, 0.717) is 5.92 Å². The standard InChI is InChI=1S/C13H23N5/c1-4-8-18(5-2)13-9(3)11(17-14)15-12(16-13)10-6-7-10/h10H,4-8,14H2,1-3H3,(H,15,16,17). The summed E-state index contributed by atoms with van der Waals surface area (Å²) in [6.07, 6.45) is 3.51. The fourth-order valence-corrected chi connectivity index (χ4v) is 2.18. The summed E-state index contributed by atoms with van der Waals surface area (Å²) in [5.74, 6) is 8.84. The maximum atomic E-state index is 5.57. The predicted molar refractivity (Wildman–Crippen MR) is 74.7 cm³/mol. The second-order valence-electron chi connectivity index (χ2n) is 4.88. The minimum Gasteiger partial charge on any atom is -0.357 e. The summed E-state index contributed by atoms with van der Waals surface area (Å²) < 4.78 is 0. The summed E-state index contributed by atoms with van der Waals surface area (Å²) >= 11 is 0. The smallest absolute Gasteiger partial charge is 0.148 e. The lowest BCUT2D eigenvalue weighted by Gasteiger charge is -2.24. The van der Waals surface area contributed by atoms with Gasteiger partial charge >= 0.3 is 0 Å². The van der Waals surface area contributed by atoms with Crippen LogP contribution in [0.25, 0.3) is 0 Å². The topological polar surface area (TPSA) is 67.1 Å². The Kier molecular flexibility index (Phi) is 4.01. The quantitative estimate of drug-likeness (QED) is 0.597. The van der Waals surface area contributed by atoms with Crippen LogP contribution < -0.4 is 16.2 Å². The molecule has 0 amide bonds. The number of hydrazine groups is 1. The van der Waals surface area contributed by atoms with Crippen molar-refractivity contribution >= 4 is 11.6 Å². The Morgan fingerprint density at radius 3 is 2.56 bits per heavy atom. The second kappa shape index (κ2) is 5.52. The highest BCUT2D eigenvalue weighted by Gasteiger charge is 2.28. The Hall–Kier alpha value is -1.36. The van der Waals surface area contributed by atoms with Crippen molar-refractivity contribution in [3.05, 3.63) is 11.4 Å². The molecule has 5 nitrogen and oxygen atoms in total. The molecule has 100 valence electrons. The molecule has 5 heteroatoms. The van der Waals surface area contributed by atoms with Crippen LogP contribution in [0, 0.1) is 6.92 Å². The van der Waals surface area contributed by atoms with Gasteiger partial charge in [0.1, 0.15) is 17.5 Å². The minimum absolute atomic E-state index is 0.539. The Labute approximate surface area is 109 Å². The van der Waals surface area contributed by atoms with Crippen LogP contribution >= 0.6 is 0 Å². The van der Waals surface area contributed by atoms with Crippen molar-refractivity contribution in [2.24, 2.45) is 5.84 Å². The van der Waals surface area contributed by atoms with Crippen LogP contribution in [0.1, 0.15) is 50.4 Å². The monoisotopic (exact) mass is 249 g/mol. The summed E-state index contributed by atoms with van der Waals surface area (Å²) in [7, 11) is 0. The SMILES string of the molecule is CCCN(CC)c1nc(C2CC2)nc(NN)c1C. The number of hydrogen-bond donors (Lipinski definition) is 2. The lowest BCUT2D eigenvalue weighted by Crippen LogP contribution is -2.27. The molecule has 1 aromatic heterocycles. The highest BCUT2D eigenvalue weighted by atomic mass is 15.3. The van der Waals surface area contributed by atoms with Crippen molar-refractivity contribution < 1.29 is 0 Å². The summed E-state index contributed by atoms with van der Waals surface area (Å²) in [4.78, 5) is 11.6. The Bertz CT molecular complexity index is 414. The molecular weight excluding hydrogens is 226 g/mol. The fourth-order valence-electron chi connectivity index (χ4n) is 2.18. The van der Waals surface area contributed by atoms with E-state index in [1.807, 2.05) is 6.92 Å². The number of hydrogen-bond acceptors (Lipinski definition) is 5. The van der Waals surface area contributed by atoms with E-state index >= 15 is 0 Å². The molecule has 1 fully saturated rings. The van der Waals surface area contributed by atoms with Crippen molar-refractivity contribution in [1.29, 1.82) is 0 Å². The lowest BCUT2D eigenvalue weighted by molar-refractivity contribution is 0.762. The van der Waals surface area contributed by atoms with Crippen molar-refractivity contribution in [1.82, 2.24) is 9.97 Å². The maximum absolute atomic E-state index is 5.57. The molecule has 0 radical (unpaired) electrons. The first-order valence-corrected chi connectivity index (χ1v) is 6.81. The third-order valence-electron chi connectivity index (χ3n) is 3.39. The van der Waals surface area contributed by atoms with Gasteiger partial charge in [-0.25, -0.2) is 15.8 Å².